The fourth-order valence-electron chi connectivity index (χ4n) is 3.81. The third kappa shape index (κ3) is 4.42. The molecule has 0 bridgehead atoms. The van der Waals surface area contributed by atoms with E-state index in [2.05, 4.69) is 10.6 Å². The van der Waals surface area contributed by atoms with Gasteiger partial charge < -0.3 is 19.9 Å². The zero-order valence-electron chi connectivity index (χ0n) is 16.5. The van der Waals surface area contributed by atoms with Crippen molar-refractivity contribution < 1.29 is 18.3 Å². The summed E-state index contributed by atoms with van der Waals surface area (Å²) >= 11 is 0. The van der Waals surface area contributed by atoms with Crippen LogP contribution in [0.5, 0.6) is 5.75 Å². The third-order valence-corrected chi connectivity index (χ3v) is 5.31. The first-order valence-corrected chi connectivity index (χ1v) is 9.62. The number of benzene rings is 2. The molecule has 1 aliphatic heterocycles. The minimum atomic E-state index is -1.16. The molecule has 1 fully saturated rings. The first-order valence-electron chi connectivity index (χ1n) is 9.62. The van der Waals surface area contributed by atoms with Crippen LogP contribution in [0, 0.1) is 5.82 Å². The first-order chi connectivity index (χ1) is 14.1. The normalized spacial score (nSPS) is 18.6. The summed E-state index contributed by atoms with van der Waals surface area (Å²) in [7, 11) is 1.60. The Morgan fingerprint density at radius 3 is 2.87 bits per heavy atom. The number of rotatable bonds is 5. The van der Waals surface area contributed by atoms with Gasteiger partial charge in [0.05, 0.1) is 24.2 Å². The van der Waals surface area contributed by atoms with Crippen LogP contribution >= 0.6 is 12.4 Å². The maximum atomic E-state index is 14.6. The number of halogens is 3. The number of alkyl halides is 1. The molecule has 2 aromatic carbocycles. The van der Waals surface area contributed by atoms with Gasteiger partial charge in [-0.05, 0) is 42.8 Å². The highest BCUT2D eigenvalue weighted by Crippen LogP contribution is 2.26. The van der Waals surface area contributed by atoms with Crippen molar-refractivity contribution in [2.45, 2.75) is 25.2 Å². The molecule has 0 radical (unpaired) electrons. The summed E-state index contributed by atoms with van der Waals surface area (Å²) in [5.74, 6) is -0.207. The second kappa shape index (κ2) is 9.45. The lowest BCUT2D eigenvalue weighted by Gasteiger charge is -2.27. The number of ether oxygens (including phenoxy) is 1. The lowest BCUT2D eigenvalue weighted by molar-refractivity contribution is 0.0893. The molecule has 0 aliphatic carbocycles. The van der Waals surface area contributed by atoms with Crippen LogP contribution in [0.1, 0.15) is 22.3 Å². The summed E-state index contributed by atoms with van der Waals surface area (Å²) < 4.78 is 35.8. The number of amides is 1. The molecule has 1 saturated heterocycles. The van der Waals surface area contributed by atoms with E-state index in [1.807, 2.05) is 28.8 Å². The van der Waals surface area contributed by atoms with E-state index in [0.29, 0.717) is 25.0 Å². The Balaban J connectivity index is 0.00000256. The molecule has 5 nitrogen and oxygen atoms in total. The van der Waals surface area contributed by atoms with Crippen LogP contribution in [-0.4, -0.2) is 42.9 Å². The van der Waals surface area contributed by atoms with Gasteiger partial charge in [0, 0.05) is 24.7 Å². The summed E-state index contributed by atoms with van der Waals surface area (Å²) in [4.78, 5) is 12.9. The van der Waals surface area contributed by atoms with Crippen molar-refractivity contribution in [2.24, 2.45) is 0 Å². The highest BCUT2D eigenvalue weighted by molar-refractivity contribution is 6.07. The Labute approximate surface area is 179 Å². The average Bonchev–Trinajstić information content (AvgIpc) is 3.10. The lowest BCUT2D eigenvalue weighted by atomic mass is 10.0. The number of aromatic nitrogens is 1. The van der Waals surface area contributed by atoms with E-state index in [0.717, 1.165) is 11.3 Å². The maximum Gasteiger partial charge on any atom is 0.253 e. The summed E-state index contributed by atoms with van der Waals surface area (Å²) in [6, 6.07) is 11.7. The van der Waals surface area contributed by atoms with Crippen molar-refractivity contribution in [3.05, 3.63) is 65.6 Å². The number of carbonyl (C=O) groups is 1. The molecule has 2 heterocycles. The van der Waals surface area contributed by atoms with Crippen molar-refractivity contribution in [1.82, 2.24) is 15.2 Å². The number of hydrogen-bond acceptors (Lipinski definition) is 3. The van der Waals surface area contributed by atoms with Gasteiger partial charge in [-0.1, -0.05) is 18.2 Å². The second-order valence-corrected chi connectivity index (χ2v) is 7.24. The number of hydrogen-bond donors (Lipinski definition) is 2. The number of piperidine rings is 1. The van der Waals surface area contributed by atoms with Crippen LogP contribution in [0.15, 0.2) is 48.7 Å². The Hall–Kier alpha value is -2.64. The van der Waals surface area contributed by atoms with Crippen molar-refractivity contribution in [3.8, 4) is 5.75 Å². The van der Waals surface area contributed by atoms with Crippen molar-refractivity contribution >= 4 is 29.2 Å². The predicted octanol–water partition coefficient (Wildman–Crippen LogP) is 3.69. The van der Waals surface area contributed by atoms with Crippen LogP contribution < -0.4 is 15.4 Å². The molecule has 4 rings (SSSR count). The Bertz CT molecular complexity index is 1040. The molecule has 1 aromatic heterocycles. The maximum absolute atomic E-state index is 14.6. The molecule has 8 heteroatoms. The Morgan fingerprint density at radius 1 is 1.30 bits per heavy atom. The third-order valence-electron chi connectivity index (χ3n) is 5.31. The molecular formula is C22H24ClF2N3O2. The number of fused-ring (bicyclic) bond motifs is 1. The highest BCUT2D eigenvalue weighted by Gasteiger charge is 2.28. The SMILES string of the molecule is COc1cccc(Cn2cc(C(=O)NC3CCNC[C@@H]3F)c3c(F)cccc32)c1.Cl. The van der Waals surface area contributed by atoms with E-state index in [1.165, 1.54) is 6.07 Å². The lowest BCUT2D eigenvalue weighted by Crippen LogP contribution is -2.50. The number of carbonyl (C=O) groups excluding carboxylic acids is 1. The standard InChI is InChI=1S/C22H23F2N3O2.ClH/c1-29-15-5-2-4-14(10-15)12-27-13-16(21-17(23)6-3-7-20(21)27)22(28)26-19-8-9-25-11-18(19)24;/h2-7,10,13,18-19,25H,8-9,11-12H2,1H3,(H,26,28);1H/t18-,19?;/m0./s1. The molecule has 0 saturated carbocycles. The van der Waals surface area contributed by atoms with Gasteiger partial charge in [0.25, 0.3) is 5.91 Å². The smallest absolute Gasteiger partial charge is 0.253 e. The van der Waals surface area contributed by atoms with Crippen LogP contribution in [0.25, 0.3) is 10.9 Å². The molecule has 2 atom stereocenters. The van der Waals surface area contributed by atoms with Crippen molar-refractivity contribution in [2.75, 3.05) is 20.2 Å². The quantitative estimate of drug-likeness (QED) is 0.642. The van der Waals surface area contributed by atoms with Crippen LogP contribution in [0.2, 0.25) is 0 Å². The van der Waals surface area contributed by atoms with Crippen molar-refractivity contribution in [3.63, 3.8) is 0 Å². The van der Waals surface area contributed by atoms with Crippen LogP contribution in [0.3, 0.4) is 0 Å². The summed E-state index contributed by atoms with van der Waals surface area (Å²) in [6.45, 7) is 1.29. The Kier molecular flexibility index (Phi) is 6.95. The van der Waals surface area contributed by atoms with Gasteiger partial charge in [0.15, 0.2) is 0 Å². The van der Waals surface area contributed by atoms with E-state index in [-0.39, 0.29) is 29.9 Å². The zero-order valence-corrected chi connectivity index (χ0v) is 17.3. The summed E-state index contributed by atoms with van der Waals surface area (Å²) in [5.41, 5.74) is 1.78. The first kappa shape index (κ1) is 22.1. The number of methoxy groups -OCH3 is 1. The van der Waals surface area contributed by atoms with Gasteiger partial charge in [-0.25, -0.2) is 8.78 Å². The molecule has 1 aliphatic rings. The van der Waals surface area contributed by atoms with Crippen LogP contribution in [-0.2, 0) is 6.54 Å². The van der Waals surface area contributed by atoms with E-state index < -0.39 is 23.9 Å². The summed E-state index contributed by atoms with van der Waals surface area (Å²) in [5, 5.41) is 5.95. The second-order valence-electron chi connectivity index (χ2n) is 7.24. The highest BCUT2D eigenvalue weighted by atomic mass is 35.5. The van der Waals surface area contributed by atoms with E-state index >= 15 is 0 Å². The van der Waals surface area contributed by atoms with Crippen LogP contribution in [0.4, 0.5) is 8.78 Å². The largest absolute Gasteiger partial charge is 0.497 e. The Morgan fingerprint density at radius 2 is 2.10 bits per heavy atom. The topological polar surface area (TPSA) is 55.3 Å². The minimum Gasteiger partial charge on any atom is -0.497 e. The summed E-state index contributed by atoms with van der Waals surface area (Å²) in [6.07, 6.45) is 0.969. The molecule has 30 heavy (non-hydrogen) atoms. The predicted molar refractivity (Wildman–Crippen MR) is 115 cm³/mol. The van der Waals surface area contributed by atoms with Gasteiger partial charge in [0.1, 0.15) is 17.7 Å². The fourth-order valence-corrected chi connectivity index (χ4v) is 3.81. The molecule has 1 unspecified atom stereocenters. The van der Waals surface area contributed by atoms with Gasteiger partial charge in [-0.15, -0.1) is 12.4 Å². The average molecular weight is 436 g/mol. The monoisotopic (exact) mass is 435 g/mol. The molecular weight excluding hydrogens is 412 g/mol. The molecule has 3 aromatic rings. The fraction of sp³-hybridized carbons (Fsp3) is 0.318. The minimum absolute atomic E-state index is 0. The van der Waals surface area contributed by atoms with Gasteiger partial charge in [-0.2, -0.15) is 0 Å². The van der Waals surface area contributed by atoms with E-state index in [9.17, 15) is 13.6 Å². The van der Waals surface area contributed by atoms with Gasteiger partial charge in [0.2, 0.25) is 0 Å². The molecule has 0 spiro atoms. The zero-order chi connectivity index (χ0) is 20.4. The van der Waals surface area contributed by atoms with Gasteiger partial charge in [-0.3, -0.25) is 4.79 Å². The number of nitrogens with zero attached hydrogens (tertiary/aromatic N) is 1. The van der Waals surface area contributed by atoms with Crippen molar-refractivity contribution in [1.29, 1.82) is 0 Å². The number of nitrogens with one attached hydrogen (secondary N) is 2. The molecule has 1 amide bonds. The van der Waals surface area contributed by atoms with E-state index in [4.69, 9.17) is 4.74 Å². The molecule has 160 valence electrons. The van der Waals surface area contributed by atoms with Gasteiger partial charge >= 0.3 is 0 Å². The van der Waals surface area contributed by atoms with E-state index in [1.54, 1.807) is 25.4 Å². The molecule has 2 N–H and O–H groups in total.